The van der Waals surface area contributed by atoms with E-state index in [1.807, 2.05) is 6.92 Å². The van der Waals surface area contributed by atoms with Crippen molar-refractivity contribution in [3.63, 3.8) is 0 Å². The number of ketones is 3. The zero-order chi connectivity index (χ0) is 9.59. The molecule has 3 unspecified atom stereocenters. The number of carbonyl (C=O) groups excluding carboxylic acids is 3. The Labute approximate surface area is 76.5 Å². The molecule has 0 aromatic heterocycles. The number of rotatable bonds is 0. The highest BCUT2D eigenvalue weighted by Crippen LogP contribution is 2.39. The van der Waals surface area contributed by atoms with Gasteiger partial charge in [-0.25, -0.2) is 0 Å². The maximum Gasteiger partial charge on any atom is 0.264 e. The lowest BCUT2D eigenvalue weighted by Crippen LogP contribution is -2.28. The van der Waals surface area contributed by atoms with Crippen LogP contribution < -0.4 is 0 Å². The molecule has 0 saturated heterocycles. The van der Waals surface area contributed by atoms with Crippen LogP contribution >= 0.6 is 0 Å². The first-order valence-electron chi connectivity index (χ1n) is 4.75. The van der Waals surface area contributed by atoms with Gasteiger partial charge in [-0.15, -0.1) is 0 Å². The van der Waals surface area contributed by atoms with E-state index in [0.29, 0.717) is 0 Å². The molecular formula is C10H12O3. The Bertz CT molecular complexity index is 293. The molecule has 3 heteroatoms. The Balaban J connectivity index is 2.35. The minimum absolute atomic E-state index is 0.210. The second-order valence-electron chi connectivity index (χ2n) is 4.10. The average Bonchev–Trinajstić information content (AvgIpc) is 2.33. The highest BCUT2D eigenvalue weighted by atomic mass is 16.2. The normalized spacial score (nSPS) is 39.5. The van der Waals surface area contributed by atoms with Gasteiger partial charge in [0.05, 0.1) is 0 Å². The number of carbonyl (C=O) groups is 3. The van der Waals surface area contributed by atoms with E-state index in [4.69, 9.17) is 0 Å². The van der Waals surface area contributed by atoms with Crippen LogP contribution in [0, 0.1) is 17.8 Å². The minimum atomic E-state index is -0.747. The molecule has 2 fully saturated rings. The van der Waals surface area contributed by atoms with Gasteiger partial charge in [-0.2, -0.15) is 0 Å². The lowest BCUT2D eigenvalue weighted by atomic mass is 9.74. The predicted octanol–water partition coefficient (Wildman–Crippen LogP) is 0.760. The Morgan fingerprint density at radius 2 is 1.77 bits per heavy atom. The highest BCUT2D eigenvalue weighted by molar-refractivity contribution is 6.68. The molecule has 0 aromatic rings. The summed E-state index contributed by atoms with van der Waals surface area (Å²) in [6.07, 6.45) is 2.66. The van der Waals surface area contributed by atoms with Crippen molar-refractivity contribution in [1.82, 2.24) is 0 Å². The molecule has 0 N–H and O–H groups in total. The highest BCUT2D eigenvalue weighted by Gasteiger charge is 2.51. The number of Topliss-reactive ketones (excluding diaryl/α,β-unsaturated/α-hetero) is 3. The molecule has 2 rings (SSSR count). The van der Waals surface area contributed by atoms with Crippen LogP contribution in [0.25, 0.3) is 0 Å². The molecule has 70 valence electrons. The topological polar surface area (TPSA) is 51.2 Å². The molecule has 0 aliphatic heterocycles. The van der Waals surface area contributed by atoms with E-state index >= 15 is 0 Å². The van der Waals surface area contributed by atoms with Crippen LogP contribution in [0.2, 0.25) is 0 Å². The summed E-state index contributed by atoms with van der Waals surface area (Å²) in [6.45, 7) is 1.96. The first kappa shape index (κ1) is 8.60. The largest absolute Gasteiger partial charge is 0.290 e. The summed E-state index contributed by atoms with van der Waals surface area (Å²) >= 11 is 0. The van der Waals surface area contributed by atoms with Gasteiger partial charge in [-0.05, 0) is 18.8 Å². The van der Waals surface area contributed by atoms with E-state index in [0.717, 1.165) is 19.3 Å². The van der Waals surface area contributed by atoms with E-state index in [1.165, 1.54) is 0 Å². The van der Waals surface area contributed by atoms with Gasteiger partial charge >= 0.3 is 0 Å². The molecular weight excluding hydrogens is 168 g/mol. The second kappa shape index (κ2) is 2.76. The lowest BCUT2D eigenvalue weighted by molar-refractivity contribution is -0.141. The van der Waals surface area contributed by atoms with Crippen molar-refractivity contribution in [2.75, 3.05) is 0 Å². The van der Waals surface area contributed by atoms with Gasteiger partial charge in [-0.3, -0.25) is 14.4 Å². The first-order chi connectivity index (χ1) is 6.13. The molecule has 2 aliphatic carbocycles. The molecule has 2 saturated carbocycles. The van der Waals surface area contributed by atoms with Crippen molar-refractivity contribution in [2.45, 2.75) is 26.2 Å². The van der Waals surface area contributed by atoms with Gasteiger partial charge in [0.15, 0.2) is 0 Å². The van der Waals surface area contributed by atoms with Crippen molar-refractivity contribution in [3.8, 4) is 0 Å². The summed E-state index contributed by atoms with van der Waals surface area (Å²) in [5.74, 6) is -1.95. The zero-order valence-electron chi connectivity index (χ0n) is 7.58. The standard InChI is InChI=1S/C10H12O3/c1-5-3-2-4-6-7(5)9(12)10(13)8(6)11/h5-7H,2-4H2,1H3. The van der Waals surface area contributed by atoms with Gasteiger partial charge in [0.2, 0.25) is 11.6 Å². The van der Waals surface area contributed by atoms with Crippen molar-refractivity contribution < 1.29 is 14.4 Å². The van der Waals surface area contributed by atoms with E-state index in [1.54, 1.807) is 0 Å². The Morgan fingerprint density at radius 1 is 1.08 bits per heavy atom. The summed E-state index contributed by atoms with van der Waals surface area (Å²) in [5, 5.41) is 0. The summed E-state index contributed by atoms with van der Waals surface area (Å²) < 4.78 is 0. The molecule has 3 nitrogen and oxygen atoms in total. The first-order valence-corrected chi connectivity index (χ1v) is 4.75. The molecule has 0 radical (unpaired) electrons. The maximum atomic E-state index is 11.4. The van der Waals surface area contributed by atoms with Crippen molar-refractivity contribution in [2.24, 2.45) is 17.8 Å². The third-order valence-electron chi connectivity index (χ3n) is 3.31. The van der Waals surface area contributed by atoms with Crippen LogP contribution in [0.3, 0.4) is 0 Å². The van der Waals surface area contributed by atoms with Gasteiger partial charge in [0.1, 0.15) is 0 Å². The summed E-state index contributed by atoms with van der Waals surface area (Å²) in [4.78, 5) is 33.8. The fraction of sp³-hybridized carbons (Fsp3) is 0.700. The number of hydrogen-bond donors (Lipinski definition) is 0. The predicted molar refractivity (Wildman–Crippen MR) is 45.0 cm³/mol. The smallest absolute Gasteiger partial charge is 0.264 e. The van der Waals surface area contributed by atoms with Gasteiger partial charge in [0.25, 0.3) is 5.78 Å². The fourth-order valence-electron chi connectivity index (χ4n) is 2.59. The third kappa shape index (κ3) is 1.06. The fourth-order valence-corrected chi connectivity index (χ4v) is 2.59. The monoisotopic (exact) mass is 180 g/mol. The van der Waals surface area contributed by atoms with E-state index in [-0.39, 0.29) is 17.8 Å². The Morgan fingerprint density at radius 3 is 2.38 bits per heavy atom. The van der Waals surface area contributed by atoms with Crippen LogP contribution in [-0.4, -0.2) is 17.3 Å². The third-order valence-corrected chi connectivity index (χ3v) is 3.31. The number of fused-ring (bicyclic) bond motifs is 1. The summed E-state index contributed by atoms with van der Waals surface area (Å²) in [5.41, 5.74) is 0. The molecule has 0 heterocycles. The van der Waals surface area contributed by atoms with Crippen LogP contribution in [0.4, 0.5) is 0 Å². The Hall–Kier alpha value is -0.990. The van der Waals surface area contributed by atoms with Crippen molar-refractivity contribution in [1.29, 1.82) is 0 Å². The van der Waals surface area contributed by atoms with E-state index < -0.39 is 17.3 Å². The maximum absolute atomic E-state index is 11.4. The second-order valence-corrected chi connectivity index (χ2v) is 4.10. The van der Waals surface area contributed by atoms with E-state index in [9.17, 15) is 14.4 Å². The Kier molecular flexibility index (Phi) is 1.82. The SMILES string of the molecule is CC1CCCC2C(=O)C(=O)C(=O)C12. The van der Waals surface area contributed by atoms with Crippen LogP contribution in [0.1, 0.15) is 26.2 Å². The van der Waals surface area contributed by atoms with Crippen molar-refractivity contribution in [3.05, 3.63) is 0 Å². The molecule has 13 heavy (non-hydrogen) atoms. The van der Waals surface area contributed by atoms with E-state index in [2.05, 4.69) is 0 Å². The molecule has 0 spiro atoms. The van der Waals surface area contributed by atoms with Gasteiger partial charge < -0.3 is 0 Å². The zero-order valence-corrected chi connectivity index (χ0v) is 7.58. The quantitative estimate of drug-likeness (QED) is 0.517. The summed E-state index contributed by atoms with van der Waals surface area (Å²) in [7, 11) is 0. The van der Waals surface area contributed by atoms with Crippen LogP contribution in [-0.2, 0) is 14.4 Å². The average molecular weight is 180 g/mol. The number of hydrogen-bond acceptors (Lipinski definition) is 3. The molecule has 0 aromatic carbocycles. The molecule has 0 bridgehead atoms. The minimum Gasteiger partial charge on any atom is -0.290 e. The lowest BCUT2D eigenvalue weighted by Gasteiger charge is -2.27. The van der Waals surface area contributed by atoms with Crippen LogP contribution in [0.15, 0.2) is 0 Å². The molecule has 2 aliphatic rings. The van der Waals surface area contributed by atoms with Crippen LogP contribution in [0.5, 0.6) is 0 Å². The van der Waals surface area contributed by atoms with Crippen molar-refractivity contribution >= 4 is 17.3 Å². The molecule has 3 atom stereocenters. The van der Waals surface area contributed by atoms with Gasteiger partial charge in [-0.1, -0.05) is 13.3 Å². The van der Waals surface area contributed by atoms with Gasteiger partial charge in [0, 0.05) is 11.8 Å². The summed E-state index contributed by atoms with van der Waals surface area (Å²) in [6, 6.07) is 0. The molecule has 0 amide bonds.